The summed E-state index contributed by atoms with van der Waals surface area (Å²) in [7, 11) is 4.04. The van der Waals surface area contributed by atoms with E-state index in [1.165, 1.54) is 35.5 Å². The normalized spacial score (nSPS) is 18.1. The molecule has 1 aromatic carbocycles. The monoisotopic (exact) mass is 658 g/mol. The van der Waals surface area contributed by atoms with E-state index in [1.807, 2.05) is 32.4 Å². The van der Waals surface area contributed by atoms with Gasteiger partial charge in [0.05, 0.1) is 20.8 Å². The highest BCUT2D eigenvalue weighted by Crippen LogP contribution is 2.39. The Kier molecular flexibility index (Phi) is 10.6. The van der Waals surface area contributed by atoms with E-state index in [4.69, 9.17) is 9.72 Å². The van der Waals surface area contributed by atoms with Crippen LogP contribution in [-0.2, 0) is 11.2 Å². The number of rotatable bonds is 12. The standard InChI is InChI=1S/C36H43FN6O3S/c1-43(2)19-18-39-35(44)25-5-3-4-23(8-10-25)6-7-24-9-14-29(40-22-24)33-21-30-34(47-33)32(16-17-38-30)46-31-15-13-27(20-28(31)37)42-36(45)41-26-11-12-26/h9,13-17,20-23,25-26H,3-8,10-12,18-19H2,1-2H3,(H,39,44)(H2,41,42,45)/t23?,25-/m1/s1. The molecule has 47 heavy (non-hydrogen) atoms. The van der Waals surface area contributed by atoms with Crippen molar-refractivity contribution in [3.8, 4) is 22.1 Å². The van der Waals surface area contributed by atoms with Crippen molar-refractivity contribution in [1.29, 1.82) is 0 Å². The maximum Gasteiger partial charge on any atom is 0.319 e. The first kappa shape index (κ1) is 32.8. The van der Waals surface area contributed by atoms with Crippen LogP contribution in [0.4, 0.5) is 14.9 Å². The molecule has 1 unspecified atom stereocenters. The molecule has 6 rings (SSSR count). The number of hydrogen-bond acceptors (Lipinski definition) is 7. The molecule has 248 valence electrons. The number of carbonyl (C=O) groups excluding carboxylic acids is 2. The molecule has 3 N–H and O–H groups in total. The van der Waals surface area contributed by atoms with Gasteiger partial charge in [0.25, 0.3) is 0 Å². The molecule has 0 spiro atoms. The van der Waals surface area contributed by atoms with Crippen molar-refractivity contribution in [2.75, 3.05) is 32.5 Å². The second-order valence-corrected chi connectivity index (χ2v) is 14.1. The molecule has 2 aliphatic carbocycles. The average Bonchev–Trinajstić information content (AvgIpc) is 3.81. The third kappa shape index (κ3) is 9.04. The van der Waals surface area contributed by atoms with Gasteiger partial charge in [0.2, 0.25) is 5.91 Å². The Hall–Kier alpha value is -4.09. The molecule has 0 bridgehead atoms. The van der Waals surface area contributed by atoms with Crippen LogP contribution in [0.5, 0.6) is 11.5 Å². The van der Waals surface area contributed by atoms with Crippen molar-refractivity contribution in [3.63, 3.8) is 0 Å². The van der Waals surface area contributed by atoms with Gasteiger partial charge in [0, 0.05) is 55.3 Å². The van der Waals surface area contributed by atoms with E-state index in [-0.39, 0.29) is 29.6 Å². The molecule has 3 heterocycles. The maximum absolute atomic E-state index is 14.9. The molecule has 2 fully saturated rings. The van der Waals surface area contributed by atoms with Crippen LogP contribution < -0.4 is 20.7 Å². The van der Waals surface area contributed by atoms with Gasteiger partial charge in [-0.3, -0.25) is 14.8 Å². The van der Waals surface area contributed by atoms with Crippen LogP contribution in [0.25, 0.3) is 20.8 Å². The highest BCUT2D eigenvalue weighted by Gasteiger charge is 2.25. The van der Waals surface area contributed by atoms with Gasteiger partial charge in [-0.05, 0) is 94.8 Å². The minimum atomic E-state index is -0.571. The van der Waals surface area contributed by atoms with Crippen molar-refractivity contribution < 1.29 is 18.7 Å². The minimum absolute atomic E-state index is 0.0653. The van der Waals surface area contributed by atoms with Crippen LogP contribution in [0.1, 0.15) is 56.9 Å². The number of hydrogen-bond donors (Lipinski definition) is 3. The van der Waals surface area contributed by atoms with Gasteiger partial charge < -0.3 is 25.6 Å². The number of thiophene rings is 1. The van der Waals surface area contributed by atoms with Crippen LogP contribution in [0.2, 0.25) is 0 Å². The highest BCUT2D eigenvalue weighted by molar-refractivity contribution is 7.22. The summed E-state index contributed by atoms with van der Waals surface area (Å²) in [5, 5.41) is 8.60. The Morgan fingerprint density at radius 1 is 1.00 bits per heavy atom. The predicted octanol–water partition coefficient (Wildman–Crippen LogP) is 7.38. The molecule has 2 aliphatic rings. The van der Waals surface area contributed by atoms with E-state index in [9.17, 15) is 14.0 Å². The van der Waals surface area contributed by atoms with E-state index >= 15 is 0 Å². The van der Waals surface area contributed by atoms with Gasteiger partial charge >= 0.3 is 6.03 Å². The SMILES string of the molecule is CN(C)CCNC(=O)[C@@H]1CCCC(CCc2ccc(-c3cc4nccc(Oc5ccc(NC(=O)NC6CC6)cc5F)c4s3)nc2)CC1. The average molecular weight is 659 g/mol. The van der Waals surface area contributed by atoms with Crippen molar-refractivity contribution >= 4 is 39.2 Å². The smallest absolute Gasteiger partial charge is 0.319 e. The third-order valence-electron chi connectivity index (χ3n) is 8.93. The number of carbonyl (C=O) groups is 2. The number of halogens is 1. The molecule has 3 aromatic heterocycles. The first-order chi connectivity index (χ1) is 22.8. The van der Waals surface area contributed by atoms with Gasteiger partial charge in [-0.25, -0.2) is 9.18 Å². The Labute approximate surface area is 279 Å². The van der Waals surface area contributed by atoms with Gasteiger partial charge in [0.15, 0.2) is 11.6 Å². The topological polar surface area (TPSA) is 108 Å². The van der Waals surface area contributed by atoms with Crippen LogP contribution in [0.3, 0.4) is 0 Å². The first-order valence-corrected chi connectivity index (χ1v) is 17.4. The number of ether oxygens (including phenoxy) is 1. The molecule has 3 amide bonds. The van der Waals surface area contributed by atoms with Crippen molar-refractivity contribution in [2.24, 2.45) is 11.8 Å². The predicted molar refractivity (Wildman–Crippen MR) is 184 cm³/mol. The summed E-state index contributed by atoms with van der Waals surface area (Å²) in [4.78, 5) is 36.9. The van der Waals surface area contributed by atoms with Crippen LogP contribution in [-0.4, -0.2) is 60.0 Å². The van der Waals surface area contributed by atoms with Crippen LogP contribution in [0, 0.1) is 17.7 Å². The molecule has 9 nitrogen and oxygen atoms in total. The Morgan fingerprint density at radius 3 is 2.64 bits per heavy atom. The van der Waals surface area contributed by atoms with E-state index in [1.54, 1.807) is 18.3 Å². The van der Waals surface area contributed by atoms with Gasteiger partial charge in [-0.2, -0.15) is 0 Å². The third-order valence-corrected chi connectivity index (χ3v) is 10.1. The number of amides is 3. The van der Waals surface area contributed by atoms with Crippen molar-refractivity contribution in [2.45, 2.75) is 63.8 Å². The Balaban J connectivity index is 1.03. The number of fused-ring (bicyclic) bond motifs is 1. The molecule has 4 aromatic rings. The number of aryl methyl sites for hydroxylation is 1. The Bertz CT molecular complexity index is 1690. The molecule has 0 radical (unpaired) electrons. The highest BCUT2D eigenvalue weighted by atomic mass is 32.1. The van der Waals surface area contributed by atoms with Crippen molar-refractivity contribution in [1.82, 2.24) is 25.5 Å². The van der Waals surface area contributed by atoms with Gasteiger partial charge in [-0.1, -0.05) is 18.9 Å². The lowest BCUT2D eigenvalue weighted by Gasteiger charge is -2.16. The summed E-state index contributed by atoms with van der Waals surface area (Å²) in [6.45, 7) is 1.57. The van der Waals surface area contributed by atoms with Gasteiger partial charge in [0.1, 0.15) is 5.75 Å². The van der Waals surface area contributed by atoms with Crippen LogP contribution >= 0.6 is 11.3 Å². The molecular weight excluding hydrogens is 616 g/mol. The lowest BCUT2D eigenvalue weighted by Crippen LogP contribution is -2.35. The fourth-order valence-corrected chi connectivity index (χ4v) is 7.09. The van der Waals surface area contributed by atoms with E-state index in [0.717, 1.165) is 78.7 Å². The summed E-state index contributed by atoms with van der Waals surface area (Å²) < 4.78 is 21.7. The van der Waals surface area contributed by atoms with E-state index < -0.39 is 5.82 Å². The number of nitrogens with one attached hydrogen (secondary N) is 3. The number of anilines is 1. The lowest BCUT2D eigenvalue weighted by molar-refractivity contribution is -0.125. The number of urea groups is 1. The van der Waals surface area contributed by atoms with E-state index in [0.29, 0.717) is 23.9 Å². The summed E-state index contributed by atoms with van der Waals surface area (Å²) in [5.74, 6) is 0.981. The summed E-state index contributed by atoms with van der Waals surface area (Å²) in [5.41, 5.74) is 3.17. The molecule has 0 saturated heterocycles. The fourth-order valence-electron chi connectivity index (χ4n) is 6.05. The zero-order chi connectivity index (χ0) is 32.8. The number of nitrogens with zero attached hydrogens (tertiary/aromatic N) is 3. The first-order valence-electron chi connectivity index (χ1n) is 16.6. The largest absolute Gasteiger partial charge is 0.453 e. The number of pyridine rings is 2. The number of benzene rings is 1. The van der Waals surface area contributed by atoms with Crippen molar-refractivity contribution in [3.05, 3.63) is 66.2 Å². The zero-order valence-corrected chi connectivity index (χ0v) is 27.9. The van der Waals surface area contributed by atoms with Crippen LogP contribution in [0.15, 0.2) is 54.9 Å². The number of likely N-dealkylation sites (N-methyl/N-ethyl adjacent to an activating group) is 1. The molecule has 2 atom stereocenters. The fraction of sp³-hybridized carbons (Fsp3) is 0.444. The molecule has 2 saturated carbocycles. The van der Waals surface area contributed by atoms with Gasteiger partial charge in [-0.15, -0.1) is 11.3 Å². The quantitative estimate of drug-likeness (QED) is 0.137. The summed E-state index contributed by atoms with van der Waals surface area (Å²) in [6.07, 6.45) is 13.0. The minimum Gasteiger partial charge on any atom is -0.453 e. The molecular formula is C36H43FN6O3S. The lowest BCUT2D eigenvalue weighted by atomic mass is 9.92. The second kappa shape index (κ2) is 15.2. The number of aromatic nitrogens is 2. The second-order valence-electron chi connectivity index (χ2n) is 13.0. The zero-order valence-electron chi connectivity index (χ0n) is 27.1. The maximum atomic E-state index is 14.9. The molecule has 0 aliphatic heterocycles. The summed E-state index contributed by atoms with van der Waals surface area (Å²) in [6, 6.07) is 12.2. The summed E-state index contributed by atoms with van der Waals surface area (Å²) >= 11 is 1.51. The van der Waals surface area contributed by atoms with E-state index in [2.05, 4.69) is 31.9 Å². The molecule has 11 heteroatoms. The Morgan fingerprint density at radius 2 is 1.87 bits per heavy atom.